The highest BCUT2D eigenvalue weighted by Gasteiger charge is 2.19. The standard InChI is InChI=1S/C16H22N2O/c1-2-13(18-14-7-8-19-11-14)9-12-10-17-16-6-4-3-5-15(12)16/h3-6,10,13-14,17-18H,2,7-9,11H2,1H3/t13-,14?/m1/s1. The number of hydrogen-bond donors (Lipinski definition) is 2. The van der Waals surface area contributed by atoms with Gasteiger partial charge in [0.25, 0.3) is 0 Å². The molecule has 0 amide bonds. The second-order valence-electron chi connectivity index (χ2n) is 5.40. The first kappa shape index (κ1) is 12.7. The Balaban J connectivity index is 1.71. The minimum absolute atomic E-state index is 0.533. The lowest BCUT2D eigenvalue weighted by Crippen LogP contribution is -2.39. The van der Waals surface area contributed by atoms with Crippen molar-refractivity contribution in [3.05, 3.63) is 36.0 Å². The number of fused-ring (bicyclic) bond motifs is 1. The largest absolute Gasteiger partial charge is 0.380 e. The number of H-pyrrole nitrogens is 1. The van der Waals surface area contributed by atoms with Crippen LogP contribution in [0.25, 0.3) is 10.9 Å². The third-order valence-electron chi connectivity index (χ3n) is 4.04. The fraction of sp³-hybridized carbons (Fsp3) is 0.500. The molecule has 2 aromatic rings. The number of aromatic amines is 1. The maximum absolute atomic E-state index is 5.44. The number of para-hydroxylation sites is 1. The molecule has 3 nitrogen and oxygen atoms in total. The number of nitrogens with one attached hydrogen (secondary N) is 2. The quantitative estimate of drug-likeness (QED) is 0.865. The summed E-state index contributed by atoms with van der Waals surface area (Å²) in [6.45, 7) is 4.02. The Morgan fingerprint density at radius 2 is 2.32 bits per heavy atom. The van der Waals surface area contributed by atoms with Gasteiger partial charge in [-0.1, -0.05) is 25.1 Å². The van der Waals surface area contributed by atoms with E-state index < -0.39 is 0 Å². The van der Waals surface area contributed by atoms with Crippen LogP contribution in [0.4, 0.5) is 0 Å². The molecule has 2 heterocycles. The van der Waals surface area contributed by atoms with Gasteiger partial charge in [-0.2, -0.15) is 0 Å². The zero-order valence-electron chi connectivity index (χ0n) is 11.5. The Kier molecular flexibility index (Phi) is 3.85. The summed E-state index contributed by atoms with van der Waals surface area (Å²) >= 11 is 0. The van der Waals surface area contributed by atoms with Crippen LogP contribution in [0.5, 0.6) is 0 Å². The van der Waals surface area contributed by atoms with Gasteiger partial charge in [0.2, 0.25) is 0 Å². The van der Waals surface area contributed by atoms with Crippen LogP contribution in [0, 0.1) is 0 Å². The van der Waals surface area contributed by atoms with E-state index in [0.29, 0.717) is 12.1 Å². The molecule has 0 bridgehead atoms. The Hall–Kier alpha value is -1.32. The van der Waals surface area contributed by atoms with Crippen molar-refractivity contribution in [1.82, 2.24) is 10.3 Å². The topological polar surface area (TPSA) is 37.0 Å². The highest BCUT2D eigenvalue weighted by molar-refractivity contribution is 5.83. The minimum atomic E-state index is 0.533. The molecule has 1 unspecified atom stereocenters. The van der Waals surface area contributed by atoms with Crippen LogP contribution < -0.4 is 5.32 Å². The molecule has 3 heteroatoms. The lowest BCUT2D eigenvalue weighted by molar-refractivity contribution is 0.187. The third-order valence-corrected chi connectivity index (χ3v) is 4.04. The molecule has 1 aliphatic rings. The van der Waals surface area contributed by atoms with Gasteiger partial charge in [-0.3, -0.25) is 0 Å². The zero-order valence-corrected chi connectivity index (χ0v) is 11.5. The molecule has 19 heavy (non-hydrogen) atoms. The summed E-state index contributed by atoms with van der Waals surface area (Å²) in [5.74, 6) is 0. The fourth-order valence-electron chi connectivity index (χ4n) is 2.89. The van der Waals surface area contributed by atoms with E-state index in [4.69, 9.17) is 4.74 Å². The number of rotatable bonds is 5. The summed E-state index contributed by atoms with van der Waals surface area (Å²) in [6.07, 6.45) is 5.53. The summed E-state index contributed by atoms with van der Waals surface area (Å²) in [4.78, 5) is 3.36. The molecule has 1 saturated heterocycles. The van der Waals surface area contributed by atoms with Crippen LogP contribution in [-0.2, 0) is 11.2 Å². The molecule has 1 fully saturated rings. The molecule has 1 aromatic heterocycles. The fourth-order valence-corrected chi connectivity index (χ4v) is 2.89. The summed E-state index contributed by atoms with van der Waals surface area (Å²) in [5.41, 5.74) is 2.64. The molecule has 0 radical (unpaired) electrons. The maximum Gasteiger partial charge on any atom is 0.0620 e. The normalized spacial score (nSPS) is 21.0. The number of benzene rings is 1. The third kappa shape index (κ3) is 2.82. The summed E-state index contributed by atoms with van der Waals surface area (Å²) < 4.78 is 5.44. The van der Waals surface area contributed by atoms with Gasteiger partial charge in [-0.05, 0) is 30.9 Å². The Labute approximate surface area is 114 Å². The van der Waals surface area contributed by atoms with E-state index in [1.54, 1.807) is 0 Å². The van der Waals surface area contributed by atoms with E-state index in [9.17, 15) is 0 Å². The first-order valence-electron chi connectivity index (χ1n) is 7.25. The van der Waals surface area contributed by atoms with Gasteiger partial charge < -0.3 is 15.0 Å². The molecular weight excluding hydrogens is 236 g/mol. The van der Waals surface area contributed by atoms with Crippen LogP contribution in [0.15, 0.2) is 30.5 Å². The number of hydrogen-bond acceptors (Lipinski definition) is 2. The van der Waals surface area contributed by atoms with Crippen molar-refractivity contribution in [2.75, 3.05) is 13.2 Å². The van der Waals surface area contributed by atoms with Crippen LogP contribution in [0.3, 0.4) is 0 Å². The first-order chi connectivity index (χ1) is 9.36. The minimum Gasteiger partial charge on any atom is -0.380 e. The highest BCUT2D eigenvalue weighted by Crippen LogP contribution is 2.20. The van der Waals surface area contributed by atoms with E-state index in [1.807, 2.05) is 0 Å². The Morgan fingerprint density at radius 1 is 1.42 bits per heavy atom. The van der Waals surface area contributed by atoms with E-state index >= 15 is 0 Å². The second kappa shape index (κ2) is 5.76. The van der Waals surface area contributed by atoms with Gasteiger partial charge in [0.05, 0.1) is 6.61 Å². The van der Waals surface area contributed by atoms with Crippen molar-refractivity contribution in [3.63, 3.8) is 0 Å². The molecule has 1 aliphatic heterocycles. The molecule has 0 spiro atoms. The van der Waals surface area contributed by atoms with Crippen molar-refractivity contribution in [2.45, 2.75) is 38.3 Å². The molecule has 3 rings (SSSR count). The van der Waals surface area contributed by atoms with Crippen LogP contribution in [-0.4, -0.2) is 30.3 Å². The number of ether oxygens (including phenoxy) is 1. The van der Waals surface area contributed by atoms with Crippen LogP contribution in [0.1, 0.15) is 25.3 Å². The lowest BCUT2D eigenvalue weighted by Gasteiger charge is -2.20. The lowest BCUT2D eigenvalue weighted by atomic mass is 10.0. The van der Waals surface area contributed by atoms with E-state index in [0.717, 1.165) is 32.5 Å². The van der Waals surface area contributed by atoms with Crippen molar-refractivity contribution >= 4 is 10.9 Å². The molecule has 1 aromatic carbocycles. The van der Waals surface area contributed by atoms with Crippen molar-refractivity contribution in [1.29, 1.82) is 0 Å². The SMILES string of the molecule is CC[C@H](Cc1c[nH]c2ccccc12)NC1CCOC1. The van der Waals surface area contributed by atoms with Gasteiger partial charge in [0.15, 0.2) is 0 Å². The van der Waals surface area contributed by atoms with Crippen molar-refractivity contribution < 1.29 is 4.74 Å². The van der Waals surface area contributed by atoms with Crippen LogP contribution >= 0.6 is 0 Å². The predicted molar refractivity (Wildman–Crippen MR) is 78.4 cm³/mol. The molecule has 2 atom stereocenters. The van der Waals surface area contributed by atoms with Gasteiger partial charge in [0, 0.05) is 35.8 Å². The van der Waals surface area contributed by atoms with Crippen LogP contribution in [0.2, 0.25) is 0 Å². The maximum atomic E-state index is 5.44. The summed E-state index contributed by atoms with van der Waals surface area (Å²) in [6, 6.07) is 9.60. The Morgan fingerprint density at radius 3 is 3.11 bits per heavy atom. The van der Waals surface area contributed by atoms with Crippen molar-refractivity contribution in [2.24, 2.45) is 0 Å². The van der Waals surface area contributed by atoms with Gasteiger partial charge >= 0.3 is 0 Å². The number of aromatic nitrogens is 1. The van der Waals surface area contributed by atoms with E-state index in [1.165, 1.54) is 16.5 Å². The molecule has 0 saturated carbocycles. The predicted octanol–water partition coefficient (Wildman–Crippen LogP) is 2.87. The highest BCUT2D eigenvalue weighted by atomic mass is 16.5. The van der Waals surface area contributed by atoms with Crippen molar-refractivity contribution in [3.8, 4) is 0 Å². The molecular formula is C16H22N2O. The summed E-state index contributed by atoms with van der Waals surface area (Å²) in [5, 5.41) is 5.08. The molecule has 102 valence electrons. The average molecular weight is 258 g/mol. The van der Waals surface area contributed by atoms with E-state index in [-0.39, 0.29) is 0 Å². The second-order valence-corrected chi connectivity index (χ2v) is 5.40. The van der Waals surface area contributed by atoms with E-state index in [2.05, 4.69) is 47.7 Å². The monoisotopic (exact) mass is 258 g/mol. The zero-order chi connectivity index (χ0) is 13.1. The smallest absolute Gasteiger partial charge is 0.0620 e. The van der Waals surface area contributed by atoms with Gasteiger partial charge in [-0.25, -0.2) is 0 Å². The summed E-state index contributed by atoms with van der Waals surface area (Å²) in [7, 11) is 0. The first-order valence-corrected chi connectivity index (χ1v) is 7.25. The van der Waals surface area contributed by atoms with Gasteiger partial charge in [0.1, 0.15) is 0 Å². The molecule has 2 N–H and O–H groups in total. The average Bonchev–Trinajstić information content (AvgIpc) is 3.08. The molecule has 0 aliphatic carbocycles. The van der Waals surface area contributed by atoms with Gasteiger partial charge in [-0.15, -0.1) is 0 Å². The Bertz CT molecular complexity index is 528.